The van der Waals surface area contributed by atoms with Crippen LogP contribution in [0.25, 0.3) is 17.0 Å². The van der Waals surface area contributed by atoms with Crippen molar-refractivity contribution in [2.75, 3.05) is 33.5 Å². The fourth-order valence-corrected chi connectivity index (χ4v) is 3.38. The monoisotopic (exact) mass is 362 g/mol. The lowest BCUT2D eigenvalue weighted by atomic mass is 10.2. The Kier molecular flexibility index (Phi) is 5.91. The summed E-state index contributed by atoms with van der Waals surface area (Å²) in [4.78, 5) is 25.2. The minimum atomic E-state index is -0.574. The SMILES string of the molecule is COCCOCCOC(=O)C1C=Cc2oc3ccccc3c(=O)c2S1. The van der Waals surface area contributed by atoms with Crippen LogP contribution in [-0.4, -0.2) is 44.8 Å². The molecule has 0 fully saturated rings. The van der Waals surface area contributed by atoms with Gasteiger partial charge < -0.3 is 18.6 Å². The zero-order valence-corrected chi connectivity index (χ0v) is 14.5. The summed E-state index contributed by atoms with van der Waals surface area (Å²) < 4.78 is 21.0. The highest BCUT2D eigenvalue weighted by Crippen LogP contribution is 2.33. The van der Waals surface area contributed by atoms with Crippen molar-refractivity contribution in [1.29, 1.82) is 0 Å². The number of esters is 1. The third-order valence-electron chi connectivity index (χ3n) is 3.58. The van der Waals surface area contributed by atoms with Gasteiger partial charge in [-0.1, -0.05) is 30.0 Å². The minimum Gasteiger partial charge on any atom is -0.462 e. The maximum absolute atomic E-state index is 12.6. The molecule has 0 amide bonds. The van der Waals surface area contributed by atoms with E-state index in [1.54, 1.807) is 37.5 Å². The summed E-state index contributed by atoms with van der Waals surface area (Å²) in [5.41, 5.74) is 0.401. The van der Waals surface area contributed by atoms with Gasteiger partial charge in [-0.15, -0.1) is 0 Å². The molecule has 0 saturated heterocycles. The second kappa shape index (κ2) is 8.33. The molecular formula is C18H18O6S. The topological polar surface area (TPSA) is 75.0 Å². The highest BCUT2D eigenvalue weighted by molar-refractivity contribution is 8.01. The van der Waals surface area contributed by atoms with Crippen molar-refractivity contribution in [3.63, 3.8) is 0 Å². The fraction of sp³-hybridized carbons (Fsp3) is 0.333. The number of thioether (sulfide) groups is 1. The molecule has 1 aliphatic heterocycles. The van der Waals surface area contributed by atoms with Gasteiger partial charge in [0.05, 0.1) is 30.1 Å². The van der Waals surface area contributed by atoms with Crippen LogP contribution in [0, 0.1) is 0 Å². The number of rotatable bonds is 7. The second-order valence-electron chi connectivity index (χ2n) is 5.29. The molecule has 3 rings (SSSR count). The number of carbonyl (C=O) groups excluding carboxylic acids is 1. The number of methoxy groups -OCH3 is 1. The van der Waals surface area contributed by atoms with E-state index < -0.39 is 11.2 Å². The lowest BCUT2D eigenvalue weighted by molar-refractivity contribution is -0.143. The molecule has 1 atom stereocenters. The van der Waals surface area contributed by atoms with E-state index in [1.165, 1.54) is 0 Å². The van der Waals surface area contributed by atoms with Crippen LogP contribution >= 0.6 is 11.8 Å². The molecule has 1 aromatic heterocycles. The predicted octanol–water partition coefficient (Wildman–Crippen LogP) is 2.49. The van der Waals surface area contributed by atoms with Gasteiger partial charge in [0.15, 0.2) is 0 Å². The third-order valence-corrected chi connectivity index (χ3v) is 4.81. The van der Waals surface area contributed by atoms with Gasteiger partial charge in [0.2, 0.25) is 5.43 Å². The van der Waals surface area contributed by atoms with E-state index in [-0.39, 0.29) is 12.0 Å². The molecule has 2 aromatic rings. The van der Waals surface area contributed by atoms with Gasteiger partial charge in [0, 0.05) is 7.11 Å². The number of para-hydroxylation sites is 1. The highest BCUT2D eigenvalue weighted by Gasteiger charge is 2.26. The third kappa shape index (κ3) is 4.12. The minimum absolute atomic E-state index is 0.133. The standard InChI is InChI=1S/C18H18O6S/c1-21-8-9-22-10-11-23-18(20)15-7-6-14-17(25-15)16(19)12-4-2-3-5-13(12)24-14/h2-7,15H,8-11H2,1H3. The van der Waals surface area contributed by atoms with E-state index >= 15 is 0 Å². The summed E-state index contributed by atoms with van der Waals surface area (Å²) in [6.07, 6.45) is 3.33. The lowest BCUT2D eigenvalue weighted by Gasteiger charge is -2.17. The van der Waals surface area contributed by atoms with Crippen LogP contribution in [0.2, 0.25) is 0 Å². The molecule has 0 radical (unpaired) electrons. The van der Waals surface area contributed by atoms with E-state index in [1.807, 2.05) is 6.07 Å². The van der Waals surface area contributed by atoms with Crippen molar-refractivity contribution in [2.24, 2.45) is 0 Å². The van der Waals surface area contributed by atoms with Crippen molar-refractivity contribution in [2.45, 2.75) is 10.1 Å². The highest BCUT2D eigenvalue weighted by atomic mass is 32.2. The maximum atomic E-state index is 12.6. The summed E-state index contributed by atoms with van der Waals surface area (Å²) in [5, 5.41) is -0.0711. The van der Waals surface area contributed by atoms with E-state index in [0.717, 1.165) is 11.8 Å². The Hall–Kier alpha value is -2.09. The van der Waals surface area contributed by atoms with E-state index in [2.05, 4.69) is 0 Å². The Balaban J connectivity index is 1.64. The quantitative estimate of drug-likeness (QED) is 0.553. The lowest BCUT2D eigenvalue weighted by Crippen LogP contribution is -2.23. The Morgan fingerprint density at radius 3 is 2.84 bits per heavy atom. The van der Waals surface area contributed by atoms with Crippen molar-refractivity contribution >= 4 is 34.8 Å². The normalized spacial score (nSPS) is 16.0. The Morgan fingerprint density at radius 1 is 1.20 bits per heavy atom. The smallest absolute Gasteiger partial charge is 0.323 e. The van der Waals surface area contributed by atoms with Crippen LogP contribution in [0.15, 0.2) is 44.4 Å². The first kappa shape index (κ1) is 17.7. The Bertz CT molecular complexity index is 841. The van der Waals surface area contributed by atoms with Crippen molar-refractivity contribution in [3.8, 4) is 0 Å². The van der Waals surface area contributed by atoms with Gasteiger partial charge in [-0.25, -0.2) is 0 Å². The molecule has 1 aromatic carbocycles. The van der Waals surface area contributed by atoms with Gasteiger partial charge in [-0.05, 0) is 18.2 Å². The van der Waals surface area contributed by atoms with Gasteiger partial charge in [-0.3, -0.25) is 9.59 Å². The predicted molar refractivity (Wildman–Crippen MR) is 94.8 cm³/mol. The average Bonchev–Trinajstić information content (AvgIpc) is 2.64. The first-order valence-corrected chi connectivity index (χ1v) is 8.72. The number of hydrogen-bond donors (Lipinski definition) is 0. The molecule has 0 spiro atoms. The molecule has 1 unspecified atom stereocenters. The molecule has 1 aliphatic rings. The summed E-state index contributed by atoms with van der Waals surface area (Å²) in [6, 6.07) is 7.06. The van der Waals surface area contributed by atoms with Crippen LogP contribution in [-0.2, 0) is 19.0 Å². The zero-order valence-electron chi connectivity index (χ0n) is 13.7. The maximum Gasteiger partial charge on any atom is 0.323 e. The summed E-state index contributed by atoms with van der Waals surface area (Å²) in [5.74, 6) is 0.0652. The molecule has 132 valence electrons. The second-order valence-corrected chi connectivity index (χ2v) is 6.44. The van der Waals surface area contributed by atoms with Crippen LogP contribution in [0.4, 0.5) is 0 Å². The molecule has 6 nitrogen and oxygen atoms in total. The van der Waals surface area contributed by atoms with Gasteiger partial charge in [0.1, 0.15) is 23.2 Å². The molecule has 0 saturated carbocycles. The Labute approximate surface area is 148 Å². The van der Waals surface area contributed by atoms with Gasteiger partial charge in [-0.2, -0.15) is 0 Å². The number of fused-ring (bicyclic) bond motifs is 2. The van der Waals surface area contributed by atoms with Crippen LogP contribution in [0.1, 0.15) is 5.76 Å². The molecule has 2 heterocycles. The van der Waals surface area contributed by atoms with Crippen molar-refractivity contribution in [1.82, 2.24) is 0 Å². The largest absolute Gasteiger partial charge is 0.462 e. The average molecular weight is 362 g/mol. The summed E-state index contributed by atoms with van der Waals surface area (Å²) >= 11 is 1.15. The first-order valence-electron chi connectivity index (χ1n) is 7.84. The molecule has 25 heavy (non-hydrogen) atoms. The van der Waals surface area contributed by atoms with Crippen molar-refractivity contribution in [3.05, 3.63) is 46.3 Å². The van der Waals surface area contributed by atoms with Crippen LogP contribution in [0.5, 0.6) is 0 Å². The fourth-order valence-electron chi connectivity index (χ4n) is 2.36. The molecule has 0 N–H and O–H groups in total. The van der Waals surface area contributed by atoms with Crippen molar-refractivity contribution < 1.29 is 23.4 Å². The van der Waals surface area contributed by atoms with Gasteiger partial charge in [0.25, 0.3) is 0 Å². The van der Waals surface area contributed by atoms with E-state index in [9.17, 15) is 9.59 Å². The summed E-state index contributed by atoms with van der Waals surface area (Å²) in [7, 11) is 1.59. The Morgan fingerprint density at radius 2 is 2.00 bits per heavy atom. The van der Waals surface area contributed by atoms with E-state index in [4.69, 9.17) is 18.6 Å². The zero-order chi connectivity index (χ0) is 17.6. The number of carbonyl (C=O) groups is 1. The molecular weight excluding hydrogens is 344 g/mol. The molecule has 0 bridgehead atoms. The number of benzene rings is 1. The van der Waals surface area contributed by atoms with Gasteiger partial charge >= 0.3 is 5.97 Å². The first-order chi connectivity index (χ1) is 12.2. The van der Waals surface area contributed by atoms with Crippen LogP contribution in [0.3, 0.4) is 0 Å². The summed E-state index contributed by atoms with van der Waals surface area (Å²) in [6.45, 7) is 1.41. The molecule has 0 aliphatic carbocycles. The van der Waals surface area contributed by atoms with E-state index in [0.29, 0.717) is 41.4 Å². The number of ether oxygens (including phenoxy) is 3. The van der Waals surface area contributed by atoms with Crippen LogP contribution < -0.4 is 5.43 Å². The molecule has 7 heteroatoms. The number of hydrogen-bond acceptors (Lipinski definition) is 7.